The molecule has 1 saturated heterocycles. The van der Waals surface area contributed by atoms with Crippen LogP contribution < -0.4 is 15.2 Å². The quantitative estimate of drug-likeness (QED) is 0.186. The molecule has 1 fully saturated rings. The molecule has 0 spiro atoms. The number of fused-ring (bicyclic) bond motifs is 7. The lowest BCUT2D eigenvalue weighted by Crippen LogP contribution is -2.41. The first kappa shape index (κ1) is 23.0. The van der Waals surface area contributed by atoms with Gasteiger partial charge >= 0.3 is 7.82 Å². The van der Waals surface area contributed by atoms with Crippen molar-refractivity contribution in [2.75, 3.05) is 18.9 Å². The van der Waals surface area contributed by atoms with Gasteiger partial charge in [0.15, 0.2) is 11.7 Å². The van der Waals surface area contributed by atoms with Crippen molar-refractivity contribution in [1.82, 2.24) is 14.5 Å². The molecule has 4 aliphatic rings. The zero-order valence-electron chi connectivity index (χ0n) is 16.9. The van der Waals surface area contributed by atoms with E-state index in [1.165, 1.54) is 17.2 Å². The number of allylic oxidation sites excluding steroid dienone is 1. The van der Waals surface area contributed by atoms with E-state index in [1.807, 2.05) is 0 Å². The minimum absolute atomic E-state index is 0.279. The predicted octanol–water partition coefficient (Wildman–Crippen LogP) is -1.33. The molecule has 5 heterocycles. The third kappa shape index (κ3) is 4.26. The van der Waals surface area contributed by atoms with Crippen LogP contribution in [0.1, 0.15) is 18.7 Å². The van der Waals surface area contributed by atoms with Gasteiger partial charge in [-0.15, -0.1) is 0 Å². The maximum atomic E-state index is 12.1. The van der Waals surface area contributed by atoms with Gasteiger partial charge in [-0.2, -0.15) is 0 Å². The monoisotopic (exact) mass is 505 g/mol. The summed E-state index contributed by atoms with van der Waals surface area (Å²) in [5.41, 5.74) is 6.92. The maximum Gasteiger partial charge on any atom is 0.478 e. The molecule has 180 valence electrons. The van der Waals surface area contributed by atoms with E-state index >= 15 is 0 Å². The molecule has 3 aliphatic heterocycles. The summed E-state index contributed by atoms with van der Waals surface area (Å²) >= 11 is 0. The highest BCUT2D eigenvalue weighted by atomic mass is 31.3. The summed E-state index contributed by atoms with van der Waals surface area (Å²) in [7, 11) is -10.4. The van der Waals surface area contributed by atoms with Gasteiger partial charge in [0.2, 0.25) is 12.0 Å². The lowest BCUT2D eigenvalue weighted by atomic mass is 10.1. The Bertz CT molecular complexity index is 1210. The zero-order chi connectivity index (χ0) is 23.5. The molecule has 0 saturated carbocycles. The largest absolute Gasteiger partial charge is 0.756 e. The van der Waals surface area contributed by atoms with E-state index in [9.17, 15) is 29.1 Å². The Morgan fingerprint density at radius 1 is 1.18 bits per heavy atom. The van der Waals surface area contributed by atoms with Gasteiger partial charge in [0.05, 0.1) is 13.2 Å². The number of anilines is 1. The first-order valence-electron chi connectivity index (χ1n) is 9.91. The average molecular weight is 505 g/mol. The third-order valence-electron chi connectivity index (χ3n) is 5.76. The number of aromatic nitrogens is 4. The molecule has 8 atom stereocenters. The average Bonchev–Trinajstić information content (AvgIpc) is 3.44. The Labute approximate surface area is 186 Å². The first-order chi connectivity index (χ1) is 15.5. The van der Waals surface area contributed by atoms with Crippen LogP contribution in [0.2, 0.25) is 0 Å². The highest BCUT2D eigenvalue weighted by Gasteiger charge is 2.46. The van der Waals surface area contributed by atoms with Crippen molar-refractivity contribution in [2.24, 2.45) is 5.92 Å². The third-order valence-corrected chi connectivity index (χ3v) is 8.33. The number of rotatable bonds is 0. The second kappa shape index (κ2) is 8.17. The summed E-state index contributed by atoms with van der Waals surface area (Å²) in [5.74, 6) is -0.0727. The highest BCUT2D eigenvalue weighted by molar-refractivity contribution is 7.60. The molecule has 5 N–H and O–H groups in total. The van der Waals surface area contributed by atoms with E-state index < -0.39 is 46.8 Å². The Kier molecular flexibility index (Phi) is 5.69. The Balaban J connectivity index is 1.54. The predicted molar refractivity (Wildman–Crippen MR) is 105 cm³/mol. The Hall–Kier alpha value is -1.77. The van der Waals surface area contributed by atoms with Crippen molar-refractivity contribution >= 4 is 32.6 Å². The number of nitrogens with two attached hydrogens (primary N) is 1. The van der Waals surface area contributed by atoms with Crippen LogP contribution >= 0.6 is 15.6 Å². The van der Waals surface area contributed by atoms with Gasteiger partial charge in [-0.05, 0) is 6.42 Å². The van der Waals surface area contributed by atoms with Crippen LogP contribution in [-0.2, 0) is 27.2 Å². The smallest absolute Gasteiger partial charge is 0.478 e. The van der Waals surface area contributed by atoms with Gasteiger partial charge < -0.3 is 35.0 Å². The number of imidazole rings is 1. The van der Waals surface area contributed by atoms with Crippen LogP contribution in [0.3, 0.4) is 0 Å². The molecule has 1 aliphatic carbocycles. The Morgan fingerprint density at radius 2 is 1.97 bits per heavy atom. The summed E-state index contributed by atoms with van der Waals surface area (Å²) in [4.78, 5) is 30.5. The van der Waals surface area contributed by atoms with Crippen molar-refractivity contribution < 1.29 is 51.8 Å². The van der Waals surface area contributed by atoms with Gasteiger partial charge in [-0.25, -0.2) is 18.4 Å². The molecule has 2 aromatic rings. The topological polar surface area (TPSA) is 215 Å². The second-order valence-corrected chi connectivity index (χ2v) is 10.9. The fraction of sp³-hybridized carbons (Fsp3) is 0.562. The molecule has 6 rings (SSSR count). The summed E-state index contributed by atoms with van der Waals surface area (Å²) in [6.07, 6.45) is 1.25. The van der Waals surface area contributed by atoms with Gasteiger partial charge in [0.25, 0.3) is 13.6 Å². The van der Waals surface area contributed by atoms with Gasteiger partial charge in [-0.3, -0.25) is 13.7 Å². The van der Waals surface area contributed by atoms with Crippen molar-refractivity contribution in [3.63, 3.8) is 0 Å². The zero-order valence-corrected chi connectivity index (χ0v) is 18.6. The molecule has 2 aromatic heterocycles. The van der Waals surface area contributed by atoms with E-state index in [1.54, 1.807) is 16.7 Å². The van der Waals surface area contributed by atoms with Crippen molar-refractivity contribution in [2.45, 2.75) is 37.0 Å². The molecule has 15 nitrogen and oxygen atoms in total. The summed E-state index contributed by atoms with van der Waals surface area (Å²) in [6, 6.07) is -0.279. The number of phosphoric ester groups is 2. The van der Waals surface area contributed by atoms with E-state index in [0.717, 1.165) is 0 Å². The number of nitrogen functional groups attached to an aromatic ring is 1. The van der Waals surface area contributed by atoms with Crippen molar-refractivity contribution in [1.29, 1.82) is 0 Å². The maximum absolute atomic E-state index is 12.1. The standard InChI is InChI=1S/C16H21N5O10P2/c17-14-11-15-19-7-20(14)9-2-1-8(3-9)4-28-32(24,25)31-33(26,27)29-5-10-12(22)13(23)16(30-10)21(15)6-18-11/h1-2,6-10,12-13,16-17,22-23H,3-5H2,(H2,24,25,26,27)/t8-,9+,10-,12-,13-,16-/m1/s1. The van der Waals surface area contributed by atoms with E-state index in [2.05, 4.69) is 18.8 Å². The number of ether oxygens (including phenoxy) is 1. The second-order valence-electron chi connectivity index (χ2n) is 7.94. The summed E-state index contributed by atoms with van der Waals surface area (Å²) in [5, 5.41) is 20.8. The number of phosphoric acid groups is 2. The minimum Gasteiger partial charge on any atom is -0.756 e. The SMILES string of the molecule is Nc1c2ncn3c2nc[n+]1[C@H]1C=C[C@@H](COP(=O)([O-])OP(=O)(O)OC[C@H]2O[C@@H]3[C@H](O)[C@@H]2O)C1. The van der Waals surface area contributed by atoms with Gasteiger partial charge in [0, 0.05) is 5.92 Å². The fourth-order valence-electron chi connectivity index (χ4n) is 4.12. The number of hydrogen-bond donors (Lipinski definition) is 4. The fourth-order valence-corrected chi connectivity index (χ4v) is 6.22. The molecular weight excluding hydrogens is 484 g/mol. The van der Waals surface area contributed by atoms with E-state index in [0.29, 0.717) is 11.9 Å². The summed E-state index contributed by atoms with van der Waals surface area (Å²) < 4.78 is 46.4. The van der Waals surface area contributed by atoms with Crippen LogP contribution in [0.4, 0.5) is 5.82 Å². The van der Waals surface area contributed by atoms with Crippen LogP contribution in [0.25, 0.3) is 11.2 Å². The molecule has 8 bridgehead atoms. The van der Waals surface area contributed by atoms with Gasteiger partial charge in [-0.1, -0.05) is 17.1 Å². The lowest BCUT2D eigenvalue weighted by Gasteiger charge is -2.26. The molecule has 0 amide bonds. The van der Waals surface area contributed by atoms with Crippen molar-refractivity contribution in [3.8, 4) is 0 Å². The van der Waals surface area contributed by atoms with Crippen LogP contribution in [0.15, 0.2) is 24.8 Å². The Morgan fingerprint density at radius 3 is 2.76 bits per heavy atom. The lowest BCUT2D eigenvalue weighted by molar-refractivity contribution is -0.700. The first-order valence-corrected chi connectivity index (χ1v) is 12.9. The summed E-state index contributed by atoms with van der Waals surface area (Å²) in [6.45, 7) is -1.10. The van der Waals surface area contributed by atoms with Crippen molar-refractivity contribution in [3.05, 3.63) is 24.8 Å². The number of hydrogen-bond acceptors (Lipinski definition) is 12. The number of nitrogens with zero attached hydrogens (tertiary/aromatic N) is 4. The molecule has 0 radical (unpaired) electrons. The number of aliphatic hydroxyl groups is 2. The van der Waals surface area contributed by atoms with Crippen LogP contribution in [0, 0.1) is 5.92 Å². The molecule has 2 unspecified atom stereocenters. The normalized spacial score (nSPS) is 41.6. The molecule has 17 heteroatoms. The highest BCUT2D eigenvalue weighted by Crippen LogP contribution is 2.58. The molecule has 33 heavy (non-hydrogen) atoms. The molecule has 0 aromatic carbocycles. The molecular formula is C16H21N5O10P2. The minimum atomic E-state index is -5.21. The van der Waals surface area contributed by atoms with E-state index in [4.69, 9.17) is 15.0 Å². The van der Waals surface area contributed by atoms with E-state index in [-0.39, 0.29) is 30.0 Å². The van der Waals surface area contributed by atoms with Crippen LogP contribution in [-0.4, -0.2) is 61.2 Å². The van der Waals surface area contributed by atoms with Crippen LogP contribution in [0.5, 0.6) is 0 Å². The van der Waals surface area contributed by atoms with Gasteiger partial charge in [0.1, 0.15) is 30.7 Å². The number of aliphatic hydroxyl groups excluding tert-OH is 2.